The standard InChI is InChI=1S/C13H12Cl3N3O3S/c1-7-11-13(18(2)17-7)22-4-3-19(11)23(20,21)12-9(15)5-8(14)6-10(12)16/h5-6H,3-4H2,1-2H3. The van der Waals surface area contributed by atoms with Crippen LogP contribution in [0.2, 0.25) is 15.1 Å². The maximum atomic E-state index is 13.1. The van der Waals surface area contributed by atoms with Gasteiger partial charge in [0.25, 0.3) is 10.0 Å². The molecule has 0 amide bonds. The Hall–Kier alpha value is -1.15. The summed E-state index contributed by atoms with van der Waals surface area (Å²) in [6, 6.07) is 2.69. The molecule has 0 radical (unpaired) electrons. The number of benzene rings is 1. The van der Waals surface area contributed by atoms with Crippen LogP contribution in [0.15, 0.2) is 17.0 Å². The Morgan fingerprint density at radius 2 is 1.83 bits per heavy atom. The monoisotopic (exact) mass is 395 g/mol. The summed E-state index contributed by atoms with van der Waals surface area (Å²) in [4.78, 5) is -0.179. The van der Waals surface area contributed by atoms with E-state index in [9.17, 15) is 8.42 Å². The summed E-state index contributed by atoms with van der Waals surface area (Å²) in [5.74, 6) is 0.388. The SMILES string of the molecule is Cc1nn(C)c2c1N(S(=O)(=O)c1c(Cl)cc(Cl)cc1Cl)CCO2. The van der Waals surface area contributed by atoms with Gasteiger partial charge in [0.15, 0.2) is 0 Å². The number of ether oxygens (including phenoxy) is 1. The lowest BCUT2D eigenvalue weighted by atomic mass is 10.3. The van der Waals surface area contributed by atoms with Gasteiger partial charge in [0, 0.05) is 12.1 Å². The highest BCUT2D eigenvalue weighted by atomic mass is 35.5. The average Bonchev–Trinajstić information content (AvgIpc) is 2.72. The van der Waals surface area contributed by atoms with Crippen LogP contribution in [0.3, 0.4) is 0 Å². The molecule has 2 heterocycles. The third-order valence-corrected chi connectivity index (χ3v) is 6.37. The van der Waals surface area contributed by atoms with Gasteiger partial charge in [-0.25, -0.2) is 13.1 Å². The molecule has 0 spiro atoms. The van der Waals surface area contributed by atoms with Crippen LogP contribution >= 0.6 is 34.8 Å². The quantitative estimate of drug-likeness (QED) is 0.781. The van der Waals surface area contributed by atoms with Crippen molar-refractivity contribution in [2.75, 3.05) is 17.5 Å². The van der Waals surface area contributed by atoms with Gasteiger partial charge in [0.05, 0.1) is 22.3 Å². The number of nitrogens with zero attached hydrogens (tertiary/aromatic N) is 3. The van der Waals surface area contributed by atoms with Crippen LogP contribution in [0.5, 0.6) is 5.88 Å². The zero-order chi connectivity index (χ0) is 16.9. The number of fused-ring (bicyclic) bond motifs is 1. The van der Waals surface area contributed by atoms with Crippen molar-refractivity contribution in [3.63, 3.8) is 0 Å². The molecule has 1 aliphatic rings. The molecule has 1 aromatic carbocycles. The molecule has 6 nitrogen and oxygen atoms in total. The minimum absolute atomic E-state index is 0.0305. The van der Waals surface area contributed by atoms with Gasteiger partial charge in [0.2, 0.25) is 5.88 Å². The Balaban J connectivity index is 2.21. The molecule has 3 rings (SSSR count). The lowest BCUT2D eigenvalue weighted by molar-refractivity contribution is 0.288. The Morgan fingerprint density at radius 3 is 2.43 bits per heavy atom. The van der Waals surface area contributed by atoms with Gasteiger partial charge in [0.1, 0.15) is 17.2 Å². The Morgan fingerprint density at radius 1 is 1.22 bits per heavy atom. The van der Waals surface area contributed by atoms with E-state index in [1.807, 2.05) is 0 Å². The van der Waals surface area contributed by atoms with Crippen molar-refractivity contribution in [1.82, 2.24) is 9.78 Å². The van der Waals surface area contributed by atoms with Crippen LogP contribution in [0.4, 0.5) is 5.69 Å². The summed E-state index contributed by atoms with van der Waals surface area (Å²) < 4.78 is 34.4. The fourth-order valence-corrected chi connectivity index (χ4v) is 5.54. The number of anilines is 1. The maximum Gasteiger partial charge on any atom is 0.267 e. The molecule has 1 aliphatic heterocycles. The number of aryl methyl sites for hydroxylation is 2. The molecule has 23 heavy (non-hydrogen) atoms. The van der Waals surface area contributed by atoms with E-state index in [1.165, 1.54) is 21.1 Å². The molecule has 0 N–H and O–H groups in total. The number of sulfonamides is 1. The first-order valence-corrected chi connectivity index (χ1v) is 9.14. The van der Waals surface area contributed by atoms with Crippen LogP contribution in [0, 0.1) is 6.92 Å². The molecule has 1 aromatic heterocycles. The zero-order valence-corrected chi connectivity index (χ0v) is 15.3. The molecule has 0 unspecified atom stereocenters. The molecular formula is C13H12Cl3N3O3S. The number of rotatable bonds is 2. The summed E-state index contributed by atoms with van der Waals surface area (Å²) in [6.07, 6.45) is 0. The predicted octanol–water partition coefficient (Wildman–Crippen LogP) is 3.28. The van der Waals surface area contributed by atoms with E-state index < -0.39 is 10.0 Å². The zero-order valence-electron chi connectivity index (χ0n) is 12.2. The Kier molecular flexibility index (Phi) is 4.16. The topological polar surface area (TPSA) is 64.4 Å². The summed E-state index contributed by atoms with van der Waals surface area (Å²) in [5.41, 5.74) is 0.924. The van der Waals surface area contributed by atoms with Crippen molar-refractivity contribution in [2.24, 2.45) is 7.05 Å². The van der Waals surface area contributed by atoms with Crippen molar-refractivity contribution in [1.29, 1.82) is 0 Å². The first-order chi connectivity index (χ1) is 10.7. The van der Waals surface area contributed by atoms with Crippen LogP contribution < -0.4 is 9.04 Å². The van der Waals surface area contributed by atoms with Crippen molar-refractivity contribution >= 4 is 50.5 Å². The molecule has 0 fully saturated rings. The second-order valence-electron chi connectivity index (χ2n) is 4.99. The minimum atomic E-state index is -3.99. The molecule has 124 valence electrons. The fourth-order valence-electron chi connectivity index (χ4n) is 2.54. The predicted molar refractivity (Wildman–Crippen MR) is 89.4 cm³/mol. The largest absolute Gasteiger partial charge is 0.474 e. The highest BCUT2D eigenvalue weighted by molar-refractivity contribution is 7.93. The smallest absolute Gasteiger partial charge is 0.267 e. The number of halogens is 3. The number of hydrogen-bond donors (Lipinski definition) is 0. The van der Waals surface area contributed by atoms with E-state index in [-0.39, 0.29) is 33.1 Å². The third-order valence-electron chi connectivity index (χ3n) is 3.43. The van der Waals surface area contributed by atoms with Gasteiger partial charge in [-0.15, -0.1) is 0 Å². The Labute approximate surface area is 148 Å². The maximum absolute atomic E-state index is 13.1. The molecule has 0 saturated carbocycles. The van der Waals surface area contributed by atoms with Crippen LogP contribution in [-0.4, -0.2) is 31.3 Å². The average molecular weight is 397 g/mol. The van der Waals surface area contributed by atoms with Gasteiger partial charge >= 0.3 is 0 Å². The molecular weight excluding hydrogens is 385 g/mol. The van der Waals surface area contributed by atoms with Crippen molar-refractivity contribution in [3.8, 4) is 5.88 Å². The molecule has 0 saturated heterocycles. The van der Waals surface area contributed by atoms with Crippen molar-refractivity contribution in [3.05, 3.63) is 32.9 Å². The van der Waals surface area contributed by atoms with Gasteiger partial charge in [-0.1, -0.05) is 34.8 Å². The van der Waals surface area contributed by atoms with E-state index in [4.69, 9.17) is 39.5 Å². The highest BCUT2D eigenvalue weighted by Crippen LogP contribution is 2.41. The molecule has 2 aromatic rings. The van der Waals surface area contributed by atoms with Gasteiger partial charge in [-0.05, 0) is 19.1 Å². The van der Waals surface area contributed by atoms with E-state index >= 15 is 0 Å². The van der Waals surface area contributed by atoms with Crippen LogP contribution in [-0.2, 0) is 17.1 Å². The van der Waals surface area contributed by atoms with Crippen LogP contribution in [0.1, 0.15) is 5.69 Å². The van der Waals surface area contributed by atoms with Crippen molar-refractivity contribution < 1.29 is 13.2 Å². The normalized spacial score (nSPS) is 14.6. The summed E-state index contributed by atoms with van der Waals surface area (Å²) in [5, 5.41) is 4.41. The first kappa shape index (κ1) is 16.7. The van der Waals surface area contributed by atoms with Gasteiger partial charge in [-0.3, -0.25) is 4.31 Å². The van der Waals surface area contributed by atoms with Crippen LogP contribution in [0.25, 0.3) is 0 Å². The second kappa shape index (κ2) is 5.73. The Bertz CT molecular complexity index is 872. The summed E-state index contributed by atoms with van der Waals surface area (Å²) in [7, 11) is -2.30. The number of hydrogen-bond acceptors (Lipinski definition) is 4. The molecule has 10 heteroatoms. The van der Waals surface area contributed by atoms with E-state index in [2.05, 4.69) is 5.10 Å². The summed E-state index contributed by atoms with van der Waals surface area (Å²) in [6.45, 7) is 2.05. The van der Waals surface area contributed by atoms with Gasteiger partial charge in [-0.2, -0.15) is 5.10 Å². The fraction of sp³-hybridized carbons (Fsp3) is 0.308. The molecule has 0 aliphatic carbocycles. The highest BCUT2D eigenvalue weighted by Gasteiger charge is 2.36. The van der Waals surface area contributed by atoms with E-state index in [1.54, 1.807) is 14.0 Å². The molecule has 0 bridgehead atoms. The third kappa shape index (κ3) is 2.65. The lowest BCUT2D eigenvalue weighted by Crippen LogP contribution is -2.38. The van der Waals surface area contributed by atoms with E-state index in [0.29, 0.717) is 17.3 Å². The first-order valence-electron chi connectivity index (χ1n) is 6.57. The second-order valence-corrected chi connectivity index (χ2v) is 8.04. The molecule has 0 atom stereocenters. The number of aromatic nitrogens is 2. The lowest BCUT2D eigenvalue weighted by Gasteiger charge is -2.29. The van der Waals surface area contributed by atoms with Crippen molar-refractivity contribution in [2.45, 2.75) is 11.8 Å². The van der Waals surface area contributed by atoms with Gasteiger partial charge < -0.3 is 4.74 Å². The van der Waals surface area contributed by atoms with E-state index in [0.717, 1.165) is 0 Å². The summed E-state index contributed by atoms with van der Waals surface area (Å²) >= 11 is 18.0. The minimum Gasteiger partial charge on any atom is -0.474 e.